The van der Waals surface area contributed by atoms with Crippen molar-refractivity contribution in [3.8, 4) is 17.1 Å². The molecule has 1 aliphatic rings. The lowest BCUT2D eigenvalue weighted by molar-refractivity contribution is -0.129. The Balaban J connectivity index is 1.61. The number of hydrogen-bond acceptors (Lipinski definition) is 5. The minimum atomic E-state index is 0.173. The summed E-state index contributed by atoms with van der Waals surface area (Å²) in [4.78, 5) is 18.8. The Hall–Kier alpha value is -2.67. The summed E-state index contributed by atoms with van der Waals surface area (Å²) in [5.74, 6) is 2.00. The lowest BCUT2D eigenvalue weighted by atomic mass is 9.99. The van der Waals surface area contributed by atoms with E-state index in [1.54, 1.807) is 12.4 Å². The Morgan fingerprint density at radius 2 is 1.83 bits per heavy atom. The molecule has 4 rings (SSSR count). The molecule has 0 unspecified atom stereocenters. The van der Waals surface area contributed by atoms with Gasteiger partial charge in [-0.1, -0.05) is 36.9 Å². The molecule has 0 N–H and O–H groups in total. The molecule has 0 atom stereocenters. The number of carbonyl (C=O) groups is 1. The van der Waals surface area contributed by atoms with Crippen LogP contribution in [0.5, 0.6) is 0 Å². The molecule has 3 heterocycles. The predicted molar refractivity (Wildman–Crippen MR) is 115 cm³/mol. The molecule has 6 nitrogen and oxygen atoms in total. The van der Waals surface area contributed by atoms with Crippen LogP contribution in [-0.4, -0.2) is 49.4 Å². The van der Waals surface area contributed by atoms with E-state index in [0.29, 0.717) is 11.7 Å². The van der Waals surface area contributed by atoms with Gasteiger partial charge in [-0.15, -0.1) is 10.2 Å². The number of para-hydroxylation sites is 1. The van der Waals surface area contributed by atoms with Crippen molar-refractivity contribution in [1.29, 1.82) is 0 Å². The number of thioether (sulfide) groups is 1. The van der Waals surface area contributed by atoms with Crippen molar-refractivity contribution in [3.05, 3.63) is 54.4 Å². The number of amides is 1. The SMILES string of the molecule is Cc1ccccc1-n1c(SCC(=O)N2CCC(C)CC2)nnc1-c1ccncc1. The van der Waals surface area contributed by atoms with E-state index in [9.17, 15) is 4.79 Å². The number of nitrogens with zero attached hydrogens (tertiary/aromatic N) is 5. The van der Waals surface area contributed by atoms with Crippen LogP contribution in [0, 0.1) is 12.8 Å². The summed E-state index contributed by atoms with van der Waals surface area (Å²) in [7, 11) is 0. The lowest BCUT2D eigenvalue weighted by Gasteiger charge is -2.30. The number of piperidine rings is 1. The smallest absolute Gasteiger partial charge is 0.233 e. The van der Waals surface area contributed by atoms with Crippen molar-refractivity contribution in [3.63, 3.8) is 0 Å². The summed E-state index contributed by atoms with van der Waals surface area (Å²) in [5.41, 5.74) is 3.09. The van der Waals surface area contributed by atoms with Crippen LogP contribution in [-0.2, 0) is 4.79 Å². The highest BCUT2D eigenvalue weighted by atomic mass is 32.2. The summed E-state index contributed by atoms with van der Waals surface area (Å²) < 4.78 is 2.04. The first-order valence-corrected chi connectivity index (χ1v) is 10.9. The van der Waals surface area contributed by atoms with Crippen molar-refractivity contribution in [2.24, 2.45) is 5.92 Å². The van der Waals surface area contributed by atoms with Gasteiger partial charge in [0, 0.05) is 31.0 Å². The molecule has 2 aromatic heterocycles. The highest BCUT2D eigenvalue weighted by Gasteiger charge is 2.22. The van der Waals surface area contributed by atoms with Crippen molar-refractivity contribution >= 4 is 17.7 Å². The zero-order valence-corrected chi connectivity index (χ0v) is 17.6. The molecule has 7 heteroatoms. The third kappa shape index (κ3) is 4.34. The number of carbonyl (C=O) groups excluding carboxylic acids is 1. The maximum Gasteiger partial charge on any atom is 0.233 e. The van der Waals surface area contributed by atoms with Gasteiger partial charge < -0.3 is 4.90 Å². The quantitative estimate of drug-likeness (QED) is 0.599. The van der Waals surface area contributed by atoms with Crippen LogP contribution < -0.4 is 0 Å². The second kappa shape index (κ2) is 8.78. The van der Waals surface area contributed by atoms with Crippen LogP contribution >= 0.6 is 11.8 Å². The molecule has 0 aliphatic carbocycles. The van der Waals surface area contributed by atoms with Gasteiger partial charge in [-0.25, -0.2) is 0 Å². The topological polar surface area (TPSA) is 63.9 Å². The number of hydrogen-bond donors (Lipinski definition) is 0. The normalized spacial score (nSPS) is 14.9. The molecule has 1 aromatic carbocycles. The molecule has 29 heavy (non-hydrogen) atoms. The molecule has 0 bridgehead atoms. The van der Waals surface area contributed by atoms with Crippen molar-refractivity contribution in [2.45, 2.75) is 31.8 Å². The number of pyridine rings is 1. The van der Waals surface area contributed by atoms with E-state index >= 15 is 0 Å². The molecular formula is C22H25N5OS. The molecule has 0 saturated carbocycles. The number of rotatable bonds is 5. The number of aryl methyl sites for hydroxylation is 1. The maximum absolute atomic E-state index is 12.7. The van der Waals surface area contributed by atoms with Crippen molar-refractivity contribution in [1.82, 2.24) is 24.6 Å². The Kier molecular flexibility index (Phi) is 5.94. The fourth-order valence-corrected chi connectivity index (χ4v) is 4.41. The molecule has 1 amide bonds. The van der Waals surface area contributed by atoms with E-state index in [-0.39, 0.29) is 5.91 Å². The second-order valence-corrected chi connectivity index (χ2v) is 8.46. The fourth-order valence-electron chi connectivity index (χ4n) is 3.56. The highest BCUT2D eigenvalue weighted by Crippen LogP contribution is 2.29. The minimum Gasteiger partial charge on any atom is -0.342 e. The number of benzene rings is 1. The van der Waals surface area contributed by atoms with Crippen LogP contribution in [0.2, 0.25) is 0 Å². The van der Waals surface area contributed by atoms with Gasteiger partial charge in [0.15, 0.2) is 11.0 Å². The first kappa shape index (κ1) is 19.6. The van der Waals surface area contributed by atoms with E-state index in [1.165, 1.54) is 11.8 Å². The molecule has 1 aliphatic heterocycles. The van der Waals surface area contributed by atoms with E-state index in [2.05, 4.69) is 41.2 Å². The summed E-state index contributed by atoms with van der Waals surface area (Å²) in [6.45, 7) is 6.03. The zero-order valence-electron chi connectivity index (χ0n) is 16.8. The number of likely N-dealkylation sites (tertiary alicyclic amines) is 1. The van der Waals surface area contributed by atoms with Crippen molar-refractivity contribution < 1.29 is 4.79 Å². The summed E-state index contributed by atoms with van der Waals surface area (Å²) in [5, 5.41) is 9.59. The van der Waals surface area contributed by atoms with E-state index < -0.39 is 0 Å². The minimum absolute atomic E-state index is 0.173. The van der Waals surface area contributed by atoms with E-state index in [1.807, 2.05) is 33.7 Å². The predicted octanol–water partition coefficient (Wildman–Crippen LogP) is 3.99. The molecular weight excluding hydrogens is 382 g/mol. The summed E-state index contributed by atoms with van der Waals surface area (Å²) >= 11 is 1.45. The van der Waals surface area contributed by atoms with Gasteiger partial charge in [-0.05, 0) is 49.4 Å². The largest absolute Gasteiger partial charge is 0.342 e. The monoisotopic (exact) mass is 407 g/mol. The van der Waals surface area contributed by atoms with Gasteiger partial charge in [0.25, 0.3) is 0 Å². The first-order valence-electron chi connectivity index (χ1n) is 9.96. The van der Waals surface area contributed by atoms with Gasteiger partial charge in [-0.3, -0.25) is 14.3 Å². The summed E-state index contributed by atoms with van der Waals surface area (Å²) in [6.07, 6.45) is 5.67. The van der Waals surface area contributed by atoms with Gasteiger partial charge in [0.05, 0.1) is 11.4 Å². The fraction of sp³-hybridized carbons (Fsp3) is 0.364. The van der Waals surface area contributed by atoms with Crippen LogP contribution in [0.3, 0.4) is 0 Å². The average molecular weight is 408 g/mol. The van der Waals surface area contributed by atoms with Gasteiger partial charge >= 0.3 is 0 Å². The van der Waals surface area contributed by atoms with E-state index in [4.69, 9.17) is 0 Å². The number of aromatic nitrogens is 4. The Morgan fingerprint density at radius 3 is 2.55 bits per heavy atom. The van der Waals surface area contributed by atoms with Crippen molar-refractivity contribution in [2.75, 3.05) is 18.8 Å². The third-order valence-corrected chi connectivity index (χ3v) is 6.30. The molecule has 0 radical (unpaired) electrons. The van der Waals surface area contributed by atoms with Crippen LogP contribution in [0.1, 0.15) is 25.3 Å². The van der Waals surface area contributed by atoms with Crippen LogP contribution in [0.15, 0.2) is 53.9 Å². The molecule has 1 saturated heterocycles. The Bertz CT molecular complexity index is 980. The average Bonchev–Trinajstić information content (AvgIpc) is 3.17. The molecule has 3 aromatic rings. The molecule has 0 spiro atoms. The van der Waals surface area contributed by atoms with Crippen LogP contribution in [0.4, 0.5) is 0 Å². The standard InChI is InChI=1S/C22H25N5OS/c1-16-9-13-26(14-10-16)20(28)15-29-22-25-24-21(18-7-11-23-12-8-18)27(22)19-6-4-3-5-17(19)2/h3-8,11-12,16H,9-10,13-15H2,1-2H3. The summed E-state index contributed by atoms with van der Waals surface area (Å²) in [6, 6.07) is 12.0. The highest BCUT2D eigenvalue weighted by molar-refractivity contribution is 7.99. The second-order valence-electron chi connectivity index (χ2n) is 7.52. The Morgan fingerprint density at radius 1 is 1.10 bits per heavy atom. The van der Waals surface area contributed by atoms with Gasteiger partial charge in [-0.2, -0.15) is 0 Å². The lowest BCUT2D eigenvalue weighted by Crippen LogP contribution is -2.38. The third-order valence-electron chi connectivity index (χ3n) is 5.39. The van der Waals surface area contributed by atoms with Gasteiger partial charge in [0.1, 0.15) is 0 Å². The van der Waals surface area contributed by atoms with Crippen LogP contribution in [0.25, 0.3) is 17.1 Å². The van der Waals surface area contributed by atoms with E-state index in [0.717, 1.165) is 53.7 Å². The maximum atomic E-state index is 12.7. The first-order chi connectivity index (χ1) is 14.1. The molecule has 150 valence electrons. The van der Waals surface area contributed by atoms with Gasteiger partial charge in [0.2, 0.25) is 5.91 Å². The zero-order chi connectivity index (χ0) is 20.2. The molecule has 1 fully saturated rings. The Labute approximate surface area is 175 Å².